The predicted octanol–water partition coefficient (Wildman–Crippen LogP) is 4.26. The number of ether oxygens (including phenoxy) is 1. The number of hydrogen-bond acceptors (Lipinski definition) is 5. The lowest BCUT2D eigenvalue weighted by atomic mass is 10.1. The van der Waals surface area contributed by atoms with Gasteiger partial charge in [0.25, 0.3) is 5.91 Å². The monoisotopic (exact) mass is 437 g/mol. The van der Waals surface area contributed by atoms with E-state index in [1.807, 2.05) is 0 Å². The minimum atomic E-state index is -4.42. The van der Waals surface area contributed by atoms with Crippen LogP contribution < -0.4 is 5.73 Å². The summed E-state index contributed by atoms with van der Waals surface area (Å²) in [7, 11) is 0. The molecule has 1 amide bonds. The number of rotatable bonds is 6. The van der Waals surface area contributed by atoms with E-state index in [9.17, 15) is 22.8 Å². The zero-order valence-corrected chi connectivity index (χ0v) is 16.9. The van der Waals surface area contributed by atoms with E-state index in [2.05, 4.69) is 4.98 Å². The molecule has 2 N–H and O–H groups in total. The highest BCUT2D eigenvalue weighted by atomic mass is 32.1. The van der Waals surface area contributed by atoms with Crippen LogP contribution in [-0.2, 0) is 17.5 Å². The maximum absolute atomic E-state index is 12.8. The lowest BCUT2D eigenvalue weighted by Gasteiger charge is -2.12. The summed E-state index contributed by atoms with van der Waals surface area (Å²) in [5, 5.41) is 1.81. The Bertz CT molecular complexity index is 1090. The first-order valence-corrected chi connectivity index (χ1v) is 9.78. The summed E-state index contributed by atoms with van der Waals surface area (Å²) in [5.41, 5.74) is 7.08. The van der Waals surface area contributed by atoms with E-state index in [4.69, 9.17) is 10.5 Å². The molecule has 0 aliphatic rings. The van der Waals surface area contributed by atoms with Crippen molar-refractivity contribution < 1.29 is 27.5 Å². The maximum atomic E-state index is 12.8. The van der Waals surface area contributed by atoms with E-state index in [-0.39, 0.29) is 23.7 Å². The molecule has 0 saturated carbocycles. The van der Waals surface area contributed by atoms with Crippen molar-refractivity contribution in [2.24, 2.45) is 5.73 Å². The Morgan fingerprint density at radius 3 is 2.47 bits per heavy atom. The summed E-state index contributed by atoms with van der Waals surface area (Å²) < 4.78 is 45.1. The molecular formula is C20H18F3N3O3S. The van der Waals surface area contributed by atoms with Crippen LogP contribution in [0.5, 0.6) is 0 Å². The first-order valence-electron chi connectivity index (χ1n) is 8.91. The van der Waals surface area contributed by atoms with Crippen LogP contribution in [0.15, 0.2) is 35.7 Å². The largest absolute Gasteiger partial charge is 0.461 e. The summed E-state index contributed by atoms with van der Waals surface area (Å²) >= 11 is 1.10. The highest BCUT2D eigenvalue weighted by Gasteiger charge is 2.30. The van der Waals surface area contributed by atoms with Gasteiger partial charge in [0.2, 0.25) is 5.01 Å². The van der Waals surface area contributed by atoms with Gasteiger partial charge in [0.15, 0.2) is 0 Å². The molecule has 0 saturated heterocycles. The second-order valence-corrected chi connectivity index (χ2v) is 7.29. The van der Waals surface area contributed by atoms with Gasteiger partial charge < -0.3 is 15.0 Å². The van der Waals surface area contributed by atoms with Gasteiger partial charge in [-0.1, -0.05) is 12.1 Å². The summed E-state index contributed by atoms with van der Waals surface area (Å²) in [6.45, 7) is 3.78. The van der Waals surface area contributed by atoms with Crippen LogP contribution in [0.2, 0.25) is 0 Å². The Hall–Kier alpha value is -3.14. The highest BCUT2D eigenvalue weighted by Crippen LogP contribution is 2.31. The molecule has 3 rings (SSSR count). The molecule has 0 aliphatic heterocycles. The van der Waals surface area contributed by atoms with E-state index in [0.717, 1.165) is 23.5 Å². The second kappa shape index (κ2) is 8.31. The van der Waals surface area contributed by atoms with Gasteiger partial charge in [-0.05, 0) is 37.6 Å². The van der Waals surface area contributed by atoms with Crippen molar-refractivity contribution in [3.8, 4) is 11.4 Å². The Kier molecular flexibility index (Phi) is 5.97. The van der Waals surface area contributed by atoms with Gasteiger partial charge in [-0.25, -0.2) is 9.78 Å². The van der Waals surface area contributed by atoms with E-state index >= 15 is 0 Å². The van der Waals surface area contributed by atoms with Crippen molar-refractivity contribution in [3.05, 3.63) is 63.1 Å². The molecule has 0 radical (unpaired) electrons. The van der Waals surface area contributed by atoms with Gasteiger partial charge in [-0.15, -0.1) is 11.3 Å². The van der Waals surface area contributed by atoms with Gasteiger partial charge >= 0.3 is 12.1 Å². The Morgan fingerprint density at radius 1 is 1.23 bits per heavy atom. The Morgan fingerprint density at radius 2 is 1.90 bits per heavy atom. The first-order chi connectivity index (χ1) is 14.1. The average Bonchev–Trinajstić information content (AvgIpc) is 3.27. The molecule has 0 atom stereocenters. The standard InChI is InChI=1S/C20H18F3N3O3S/c1-3-29-19(28)18-25-15(10-30-18)16-8-14(17(24)27)11(2)26(16)9-12-4-6-13(7-5-12)20(21,22)23/h4-8,10H,3,9H2,1-2H3,(H2,24,27). The van der Waals surface area contributed by atoms with Gasteiger partial charge in [-0.3, -0.25) is 4.79 Å². The van der Waals surface area contributed by atoms with Crippen molar-refractivity contribution in [3.63, 3.8) is 0 Å². The number of carbonyl (C=O) groups excluding carboxylic acids is 2. The van der Waals surface area contributed by atoms with E-state index in [0.29, 0.717) is 22.6 Å². The third-order valence-electron chi connectivity index (χ3n) is 4.47. The fourth-order valence-corrected chi connectivity index (χ4v) is 3.67. The van der Waals surface area contributed by atoms with E-state index in [1.165, 1.54) is 12.1 Å². The van der Waals surface area contributed by atoms with Crippen molar-refractivity contribution in [1.82, 2.24) is 9.55 Å². The quantitative estimate of drug-likeness (QED) is 0.584. The molecule has 10 heteroatoms. The van der Waals surface area contributed by atoms with Crippen LogP contribution in [0, 0.1) is 6.92 Å². The maximum Gasteiger partial charge on any atom is 0.416 e. The molecular weight excluding hydrogens is 419 g/mol. The fraction of sp³-hybridized carbons (Fsp3) is 0.250. The molecule has 0 spiro atoms. The van der Waals surface area contributed by atoms with Gasteiger partial charge in [-0.2, -0.15) is 13.2 Å². The molecule has 0 unspecified atom stereocenters. The topological polar surface area (TPSA) is 87.2 Å². The van der Waals surface area contributed by atoms with Gasteiger partial charge in [0.1, 0.15) is 0 Å². The zero-order chi connectivity index (χ0) is 22.1. The number of carbonyl (C=O) groups is 2. The third kappa shape index (κ3) is 4.38. The summed E-state index contributed by atoms with van der Waals surface area (Å²) in [6.07, 6.45) is -4.42. The third-order valence-corrected chi connectivity index (χ3v) is 5.29. The molecule has 0 aliphatic carbocycles. The molecule has 2 aromatic heterocycles. The van der Waals surface area contributed by atoms with Crippen molar-refractivity contribution in [1.29, 1.82) is 0 Å². The predicted molar refractivity (Wildman–Crippen MR) is 105 cm³/mol. The molecule has 6 nitrogen and oxygen atoms in total. The number of esters is 1. The molecule has 1 aromatic carbocycles. The summed E-state index contributed by atoms with van der Waals surface area (Å²) in [4.78, 5) is 28.0. The fourth-order valence-electron chi connectivity index (χ4n) is 2.97. The number of benzene rings is 1. The van der Waals surface area contributed by atoms with Crippen molar-refractivity contribution in [2.45, 2.75) is 26.6 Å². The SMILES string of the molecule is CCOC(=O)c1nc(-c2cc(C(N)=O)c(C)n2Cc2ccc(C(F)(F)F)cc2)cs1. The average molecular weight is 437 g/mol. The summed E-state index contributed by atoms with van der Waals surface area (Å²) in [5.74, 6) is -1.19. The Labute approximate surface area is 174 Å². The van der Waals surface area contributed by atoms with Gasteiger partial charge in [0.05, 0.1) is 29.1 Å². The van der Waals surface area contributed by atoms with Crippen LogP contribution >= 0.6 is 11.3 Å². The molecule has 30 heavy (non-hydrogen) atoms. The van der Waals surface area contributed by atoms with Crippen LogP contribution in [0.1, 0.15) is 43.9 Å². The molecule has 0 fully saturated rings. The second-order valence-electron chi connectivity index (χ2n) is 6.43. The van der Waals surface area contributed by atoms with Crippen molar-refractivity contribution >= 4 is 23.2 Å². The molecule has 3 aromatic rings. The molecule has 2 heterocycles. The number of halogens is 3. The number of aromatic nitrogens is 2. The minimum absolute atomic E-state index is 0.160. The molecule has 158 valence electrons. The lowest BCUT2D eigenvalue weighted by molar-refractivity contribution is -0.137. The molecule has 0 bridgehead atoms. The van der Waals surface area contributed by atoms with Crippen LogP contribution in [0.25, 0.3) is 11.4 Å². The van der Waals surface area contributed by atoms with Crippen LogP contribution in [0.3, 0.4) is 0 Å². The normalized spacial score (nSPS) is 11.5. The Balaban J connectivity index is 2.00. The van der Waals surface area contributed by atoms with Crippen LogP contribution in [-0.4, -0.2) is 28.0 Å². The van der Waals surface area contributed by atoms with Crippen molar-refractivity contribution in [2.75, 3.05) is 6.61 Å². The number of thiazole rings is 1. The van der Waals surface area contributed by atoms with E-state index in [1.54, 1.807) is 29.9 Å². The van der Waals surface area contributed by atoms with Gasteiger partial charge in [0, 0.05) is 17.6 Å². The highest BCUT2D eigenvalue weighted by molar-refractivity contribution is 7.11. The number of primary amides is 1. The summed E-state index contributed by atoms with van der Waals surface area (Å²) in [6, 6.07) is 6.32. The number of nitrogens with two attached hydrogens (primary N) is 1. The number of hydrogen-bond donors (Lipinski definition) is 1. The first kappa shape index (κ1) is 21.6. The number of nitrogens with zero attached hydrogens (tertiary/aromatic N) is 2. The number of amides is 1. The minimum Gasteiger partial charge on any atom is -0.461 e. The lowest BCUT2D eigenvalue weighted by Crippen LogP contribution is -2.13. The van der Waals surface area contributed by atoms with E-state index < -0.39 is 23.6 Å². The van der Waals surface area contributed by atoms with Crippen LogP contribution in [0.4, 0.5) is 13.2 Å². The smallest absolute Gasteiger partial charge is 0.416 e. The number of alkyl halides is 3. The zero-order valence-electron chi connectivity index (χ0n) is 16.1.